The monoisotopic (exact) mass is 1560 g/mol. The van der Waals surface area contributed by atoms with Crippen LogP contribution in [-0.2, 0) is 40.2 Å². The molecular formula is C76H64Cl2Ir2P4-2. The average Bonchev–Trinajstić information content (AvgIpc) is 3.69. The van der Waals surface area contributed by atoms with E-state index in [-0.39, 0.29) is 65.0 Å². The van der Waals surface area contributed by atoms with Crippen molar-refractivity contribution >= 4 is 95.3 Å². The minimum Gasteiger partial charge on any atom is -1.00 e. The Balaban J connectivity index is 0.000000230. The normalized spacial score (nSPS) is 10.7. The van der Waals surface area contributed by atoms with E-state index in [0.29, 0.717) is 0 Å². The van der Waals surface area contributed by atoms with Gasteiger partial charge in [-0.2, -0.15) is 0 Å². The van der Waals surface area contributed by atoms with Crippen LogP contribution in [0.2, 0.25) is 0 Å². The first-order valence-corrected chi connectivity index (χ1v) is 32.8. The van der Waals surface area contributed by atoms with Gasteiger partial charge in [0.05, 0.1) is 0 Å². The van der Waals surface area contributed by atoms with Gasteiger partial charge in [-0.3, -0.25) is 0 Å². The molecule has 8 heteroatoms. The predicted octanol–water partition coefficient (Wildman–Crippen LogP) is 8.98. The first-order chi connectivity index (χ1) is 39.4. The van der Waals surface area contributed by atoms with E-state index in [1.54, 1.807) is 0 Å². The quantitative estimate of drug-likeness (QED) is 0.0956. The molecular weight excluding hydrogens is 1490 g/mol. The molecule has 0 heterocycles. The van der Waals surface area contributed by atoms with Crippen LogP contribution in [-0.4, -0.2) is 0 Å². The number of benzene rings is 12. The molecule has 0 saturated carbocycles. The Morgan fingerprint density at radius 1 is 0.167 bits per heavy atom. The van der Waals surface area contributed by atoms with E-state index in [1.807, 2.05) is 0 Å². The molecule has 2 radical (unpaired) electrons. The molecule has 0 fully saturated rings. The molecule has 0 nitrogen and oxygen atoms in total. The summed E-state index contributed by atoms with van der Waals surface area (Å²) in [4.78, 5) is 0. The summed E-state index contributed by atoms with van der Waals surface area (Å²) in [5.41, 5.74) is 10.8. The van der Waals surface area contributed by atoms with Gasteiger partial charge in [0, 0.05) is 40.2 Å². The summed E-state index contributed by atoms with van der Waals surface area (Å²) < 4.78 is 0. The number of hydrogen-bond acceptors (Lipinski definition) is 0. The van der Waals surface area contributed by atoms with Gasteiger partial charge in [-0.1, -0.05) is 315 Å². The first kappa shape index (κ1) is 65.8. The summed E-state index contributed by atoms with van der Waals surface area (Å²) in [5, 5.41) is 16.7. The van der Waals surface area contributed by atoms with Crippen LogP contribution in [0.5, 0.6) is 0 Å². The molecule has 0 aliphatic heterocycles. The van der Waals surface area contributed by atoms with Crippen LogP contribution in [0.4, 0.5) is 0 Å². The molecule has 0 spiro atoms. The van der Waals surface area contributed by atoms with Crippen molar-refractivity contribution in [3.63, 3.8) is 0 Å². The standard InChI is InChI=1S/2C38H32P2.2ClH.2Ir/c2*1-29-17-15-27-35(39(31-19-7-3-8-20-31)32-21-9-4-10-22-32)37(29)38-30(2)18-16-28-36(38)40(33-23-11-5-12-24-33)34-25-13-6-14-26-34;;;;/h2*3-28H,1-2H3;2*1H;;/p-2. The van der Waals surface area contributed by atoms with Gasteiger partial charge >= 0.3 is 0 Å². The van der Waals surface area contributed by atoms with Crippen molar-refractivity contribution in [1.82, 2.24) is 0 Å². The number of halogens is 2. The maximum Gasteiger partial charge on any atom is 0 e. The fourth-order valence-corrected chi connectivity index (χ4v) is 21.1. The van der Waals surface area contributed by atoms with Gasteiger partial charge in [-0.15, -0.1) is 0 Å². The van der Waals surface area contributed by atoms with Crippen molar-refractivity contribution in [3.8, 4) is 22.3 Å². The molecule has 12 aromatic carbocycles. The van der Waals surface area contributed by atoms with Gasteiger partial charge in [0.25, 0.3) is 0 Å². The largest absolute Gasteiger partial charge is 1.00 e. The predicted molar refractivity (Wildman–Crippen MR) is 358 cm³/mol. The van der Waals surface area contributed by atoms with E-state index in [4.69, 9.17) is 0 Å². The molecule has 0 saturated heterocycles. The van der Waals surface area contributed by atoms with Crippen molar-refractivity contribution < 1.29 is 65.0 Å². The Kier molecular flexibility index (Phi) is 25.1. The molecule has 0 aliphatic carbocycles. The van der Waals surface area contributed by atoms with Crippen LogP contribution in [0, 0.1) is 27.7 Å². The number of rotatable bonds is 14. The van der Waals surface area contributed by atoms with Gasteiger partial charge in [-0.05, 0) is 168 Å². The number of hydrogen-bond donors (Lipinski definition) is 0. The Morgan fingerprint density at radius 2 is 0.298 bits per heavy atom. The molecule has 0 aromatic heterocycles. The molecule has 84 heavy (non-hydrogen) atoms. The fourth-order valence-electron chi connectivity index (χ4n) is 11.0. The Hall–Kier alpha value is -5.76. The zero-order valence-electron chi connectivity index (χ0n) is 47.2. The van der Waals surface area contributed by atoms with Gasteiger partial charge < -0.3 is 24.8 Å². The topological polar surface area (TPSA) is 0 Å². The fraction of sp³-hybridized carbons (Fsp3) is 0.0526. The minimum atomic E-state index is -0.752. The minimum absolute atomic E-state index is 0. The van der Waals surface area contributed by atoms with Crippen molar-refractivity contribution in [2.75, 3.05) is 0 Å². The molecule has 12 rings (SSSR count). The summed E-state index contributed by atoms with van der Waals surface area (Å²) in [6.45, 7) is 9.13. The van der Waals surface area contributed by atoms with Crippen molar-refractivity contribution in [3.05, 3.63) is 338 Å². The molecule has 422 valence electrons. The summed E-state index contributed by atoms with van der Waals surface area (Å²) in [5.74, 6) is 0. The Bertz CT molecular complexity index is 3260. The number of aryl methyl sites for hydroxylation is 4. The van der Waals surface area contributed by atoms with Crippen molar-refractivity contribution in [1.29, 1.82) is 0 Å². The second kappa shape index (κ2) is 32.1. The zero-order valence-corrected chi connectivity index (χ0v) is 57.1. The Labute approximate surface area is 543 Å². The maximum absolute atomic E-state index is 2.37. The molecule has 12 aromatic rings. The molecule has 0 atom stereocenters. The average molecular weight is 1560 g/mol. The second-order valence-corrected chi connectivity index (χ2v) is 28.6. The summed E-state index contributed by atoms with van der Waals surface area (Å²) in [7, 11) is -3.01. The van der Waals surface area contributed by atoms with Crippen molar-refractivity contribution in [2.24, 2.45) is 0 Å². The van der Waals surface area contributed by atoms with Gasteiger partial charge in [-0.25, -0.2) is 0 Å². The molecule has 0 N–H and O–H groups in total. The zero-order chi connectivity index (χ0) is 54.6. The maximum atomic E-state index is 2.37. The van der Waals surface area contributed by atoms with Crippen LogP contribution in [0.15, 0.2) is 315 Å². The van der Waals surface area contributed by atoms with Crippen molar-refractivity contribution in [2.45, 2.75) is 27.7 Å². The van der Waals surface area contributed by atoms with E-state index in [2.05, 4.69) is 343 Å². The van der Waals surface area contributed by atoms with Crippen LogP contribution >= 0.6 is 31.7 Å². The smallest absolute Gasteiger partial charge is 0 e. The van der Waals surface area contributed by atoms with E-state index in [0.717, 1.165) is 0 Å². The van der Waals surface area contributed by atoms with Crippen LogP contribution in [0.1, 0.15) is 22.3 Å². The van der Waals surface area contributed by atoms with E-state index < -0.39 is 31.7 Å². The molecule has 0 bridgehead atoms. The molecule has 0 unspecified atom stereocenters. The third-order valence-corrected chi connectivity index (χ3v) is 24.5. The van der Waals surface area contributed by atoms with Crippen LogP contribution < -0.4 is 88.5 Å². The summed E-state index contributed by atoms with van der Waals surface area (Å²) in [6, 6.07) is 116. The van der Waals surface area contributed by atoms with Crippen LogP contribution in [0.25, 0.3) is 22.3 Å². The second-order valence-electron chi connectivity index (χ2n) is 19.9. The van der Waals surface area contributed by atoms with Gasteiger partial charge in [0.15, 0.2) is 0 Å². The SMILES string of the molecule is Cc1cccc(P(c2ccccc2)c2ccccc2)c1-c1c(C)cccc1P(c1ccccc1)c1ccccc1.Cc1cccc(P(c2ccccc2)c2ccccc2)c1-c1c(C)cccc1P(c1ccccc1)c1ccccc1.[Cl-].[Cl-].[Ir].[Ir]. The van der Waals surface area contributed by atoms with Crippen LogP contribution in [0.3, 0.4) is 0 Å². The third kappa shape index (κ3) is 14.9. The van der Waals surface area contributed by atoms with Gasteiger partial charge in [0.1, 0.15) is 0 Å². The van der Waals surface area contributed by atoms with Gasteiger partial charge in [0.2, 0.25) is 0 Å². The molecule has 0 amide bonds. The third-order valence-electron chi connectivity index (χ3n) is 14.6. The summed E-state index contributed by atoms with van der Waals surface area (Å²) >= 11 is 0. The Morgan fingerprint density at radius 3 is 0.429 bits per heavy atom. The van der Waals surface area contributed by atoms with E-state index in [9.17, 15) is 0 Å². The van der Waals surface area contributed by atoms with E-state index in [1.165, 1.54) is 108 Å². The van der Waals surface area contributed by atoms with E-state index >= 15 is 0 Å². The first-order valence-electron chi connectivity index (χ1n) is 27.4. The summed E-state index contributed by atoms with van der Waals surface area (Å²) in [6.07, 6.45) is 0. The molecule has 0 aliphatic rings.